The van der Waals surface area contributed by atoms with Gasteiger partial charge >= 0.3 is 5.97 Å². The molecule has 1 N–H and O–H groups in total. The Morgan fingerprint density at radius 3 is 2.47 bits per heavy atom. The molecular weight excluding hydrogens is 481 g/mol. The molecule has 206 valence electrons. The van der Waals surface area contributed by atoms with Crippen LogP contribution in [0.3, 0.4) is 0 Å². The Kier molecular flexibility index (Phi) is 8.58. The number of aliphatic carboxylic acids is 1. The topological polar surface area (TPSA) is 72.8 Å². The molecule has 0 radical (unpaired) electrons. The number of benzene rings is 1. The fourth-order valence-electron chi connectivity index (χ4n) is 7.23. The van der Waals surface area contributed by atoms with Gasteiger partial charge in [-0.05, 0) is 62.3 Å². The lowest BCUT2D eigenvalue weighted by atomic mass is 9.73. The molecular formula is C30H42FN5O2. The van der Waals surface area contributed by atoms with Crippen LogP contribution in [0.4, 0.5) is 10.3 Å². The van der Waals surface area contributed by atoms with Crippen LogP contribution in [0, 0.1) is 17.2 Å². The van der Waals surface area contributed by atoms with Crippen molar-refractivity contribution in [3.8, 4) is 0 Å². The predicted octanol–water partition coefficient (Wildman–Crippen LogP) is 4.66. The second kappa shape index (κ2) is 12.1. The molecule has 0 spiro atoms. The molecule has 0 bridgehead atoms. The second-order valence-electron chi connectivity index (χ2n) is 11.6. The van der Waals surface area contributed by atoms with Crippen molar-refractivity contribution in [2.45, 2.75) is 63.8 Å². The second-order valence-corrected chi connectivity index (χ2v) is 11.6. The molecule has 1 saturated carbocycles. The van der Waals surface area contributed by atoms with Crippen molar-refractivity contribution in [2.24, 2.45) is 11.3 Å². The molecule has 0 amide bonds. The van der Waals surface area contributed by atoms with Gasteiger partial charge in [-0.3, -0.25) is 4.79 Å². The highest BCUT2D eigenvalue weighted by Gasteiger charge is 2.44. The third-order valence-corrected chi connectivity index (χ3v) is 9.22. The number of nitrogens with zero attached hydrogens (tertiary/aromatic N) is 5. The van der Waals surface area contributed by atoms with Crippen LogP contribution in [-0.2, 0) is 4.79 Å². The molecule has 2 aromatic rings. The maximum absolute atomic E-state index is 14.2. The van der Waals surface area contributed by atoms with Gasteiger partial charge in [0.2, 0.25) is 5.95 Å². The molecule has 2 atom stereocenters. The molecule has 0 unspecified atom stereocenters. The van der Waals surface area contributed by atoms with E-state index in [4.69, 9.17) is 0 Å². The van der Waals surface area contributed by atoms with E-state index in [0.29, 0.717) is 18.5 Å². The van der Waals surface area contributed by atoms with Gasteiger partial charge in [0.1, 0.15) is 5.82 Å². The number of carboxylic acid groups (broad SMARTS) is 1. The summed E-state index contributed by atoms with van der Waals surface area (Å²) in [5.41, 5.74) is 0.403. The van der Waals surface area contributed by atoms with Gasteiger partial charge in [-0.1, -0.05) is 31.4 Å². The van der Waals surface area contributed by atoms with Crippen molar-refractivity contribution in [1.29, 1.82) is 0 Å². The van der Waals surface area contributed by atoms with Crippen LogP contribution in [0.2, 0.25) is 0 Å². The number of aromatic nitrogens is 2. The average molecular weight is 524 g/mol. The summed E-state index contributed by atoms with van der Waals surface area (Å²) >= 11 is 0. The average Bonchev–Trinajstić information content (AvgIpc) is 3.33. The van der Waals surface area contributed by atoms with Crippen LogP contribution in [0.5, 0.6) is 0 Å². The number of halogens is 1. The van der Waals surface area contributed by atoms with Gasteiger partial charge in [0.15, 0.2) is 0 Å². The zero-order chi connectivity index (χ0) is 26.5. The molecule has 2 saturated heterocycles. The molecule has 7 nitrogen and oxygen atoms in total. The SMILES string of the molecule is CCN(c1ncccn1)C1CCN(C[C@@H]2CN(CC3(C(=O)O)CCCCC3)C[C@@H]2c2cccc(F)c2)CC1. The zero-order valence-corrected chi connectivity index (χ0v) is 22.6. The molecule has 3 heterocycles. The van der Waals surface area contributed by atoms with Crippen molar-refractivity contribution in [2.75, 3.05) is 50.7 Å². The Balaban J connectivity index is 1.26. The summed E-state index contributed by atoms with van der Waals surface area (Å²) in [6.07, 6.45) is 10.4. The number of anilines is 1. The molecule has 8 heteroatoms. The first-order chi connectivity index (χ1) is 18.5. The lowest BCUT2D eigenvalue weighted by molar-refractivity contribution is -0.152. The van der Waals surface area contributed by atoms with E-state index in [1.165, 1.54) is 6.07 Å². The summed E-state index contributed by atoms with van der Waals surface area (Å²) in [7, 11) is 0. The Bertz CT molecular complexity index is 1060. The van der Waals surface area contributed by atoms with Crippen LogP contribution >= 0.6 is 0 Å². The van der Waals surface area contributed by atoms with E-state index in [1.54, 1.807) is 24.5 Å². The Labute approximate surface area is 226 Å². The first-order valence-corrected chi connectivity index (χ1v) is 14.4. The van der Waals surface area contributed by atoms with Crippen molar-refractivity contribution in [3.63, 3.8) is 0 Å². The van der Waals surface area contributed by atoms with Gasteiger partial charge in [-0.15, -0.1) is 0 Å². The fourth-order valence-corrected chi connectivity index (χ4v) is 7.23. The van der Waals surface area contributed by atoms with Gasteiger partial charge in [0.05, 0.1) is 5.41 Å². The first kappa shape index (κ1) is 27.0. The first-order valence-electron chi connectivity index (χ1n) is 14.4. The van der Waals surface area contributed by atoms with Crippen molar-refractivity contribution in [3.05, 3.63) is 54.1 Å². The van der Waals surface area contributed by atoms with Crippen LogP contribution in [0.15, 0.2) is 42.7 Å². The number of rotatable bonds is 9. The van der Waals surface area contributed by atoms with Crippen LogP contribution in [0.1, 0.15) is 63.4 Å². The quantitative estimate of drug-likeness (QED) is 0.513. The van der Waals surface area contributed by atoms with Crippen molar-refractivity contribution >= 4 is 11.9 Å². The van der Waals surface area contributed by atoms with Gasteiger partial charge in [0.25, 0.3) is 0 Å². The number of piperidine rings is 1. The molecule has 2 aliphatic heterocycles. The van der Waals surface area contributed by atoms with E-state index >= 15 is 0 Å². The molecule has 1 aromatic carbocycles. The lowest BCUT2D eigenvalue weighted by Crippen LogP contribution is -2.47. The van der Waals surface area contributed by atoms with Gasteiger partial charge in [0, 0.05) is 70.2 Å². The van der Waals surface area contributed by atoms with Gasteiger partial charge < -0.3 is 19.8 Å². The van der Waals surface area contributed by atoms with E-state index in [1.807, 2.05) is 12.1 Å². The monoisotopic (exact) mass is 523 g/mol. The summed E-state index contributed by atoms with van der Waals surface area (Å²) < 4.78 is 14.2. The highest BCUT2D eigenvalue weighted by molar-refractivity contribution is 5.75. The Hall–Kier alpha value is -2.58. The number of hydrogen-bond acceptors (Lipinski definition) is 6. The standard InChI is InChI=1S/C30H42FN5O2/c1-2-36(29-32-14-7-15-33-29)26-10-16-34(17-11-26)19-24-20-35(21-27(24)23-8-6-9-25(31)18-23)22-30(28(37)38)12-4-3-5-13-30/h6-9,14-15,18,24,26-27H,2-5,10-13,16-17,19-22H2,1H3,(H,37,38)/t24-,27-/m1/s1. The largest absolute Gasteiger partial charge is 0.481 e. The Morgan fingerprint density at radius 1 is 1.08 bits per heavy atom. The minimum atomic E-state index is -0.645. The fraction of sp³-hybridized carbons (Fsp3) is 0.633. The van der Waals surface area contributed by atoms with Crippen molar-refractivity contribution < 1.29 is 14.3 Å². The van der Waals surface area contributed by atoms with E-state index in [-0.39, 0.29) is 11.7 Å². The van der Waals surface area contributed by atoms with Crippen LogP contribution < -0.4 is 4.90 Å². The number of carboxylic acids is 1. The summed E-state index contributed by atoms with van der Waals surface area (Å²) in [4.78, 5) is 28.6. The summed E-state index contributed by atoms with van der Waals surface area (Å²) in [6, 6.07) is 9.32. The normalized spacial score (nSPS) is 24.9. The van der Waals surface area contributed by atoms with E-state index < -0.39 is 11.4 Å². The highest BCUT2D eigenvalue weighted by Crippen LogP contribution is 2.41. The summed E-state index contributed by atoms with van der Waals surface area (Å²) in [6.45, 7) is 8.31. The number of carbonyl (C=O) groups is 1. The lowest BCUT2D eigenvalue weighted by Gasteiger charge is -2.39. The molecule has 1 aromatic heterocycles. The van der Waals surface area contributed by atoms with E-state index in [2.05, 4.69) is 31.6 Å². The minimum Gasteiger partial charge on any atom is -0.481 e. The zero-order valence-electron chi connectivity index (χ0n) is 22.6. The third-order valence-electron chi connectivity index (χ3n) is 9.22. The van der Waals surface area contributed by atoms with Crippen molar-refractivity contribution in [1.82, 2.24) is 19.8 Å². The molecule has 3 fully saturated rings. The van der Waals surface area contributed by atoms with Gasteiger partial charge in [-0.25, -0.2) is 14.4 Å². The predicted molar refractivity (Wildman–Crippen MR) is 147 cm³/mol. The minimum absolute atomic E-state index is 0.197. The van der Waals surface area contributed by atoms with Crippen LogP contribution in [-0.4, -0.2) is 82.7 Å². The maximum atomic E-state index is 14.2. The highest BCUT2D eigenvalue weighted by atomic mass is 19.1. The summed E-state index contributed by atoms with van der Waals surface area (Å²) in [5, 5.41) is 10.2. The Morgan fingerprint density at radius 2 is 1.82 bits per heavy atom. The third kappa shape index (κ3) is 6.01. The van der Waals surface area contributed by atoms with E-state index in [9.17, 15) is 14.3 Å². The van der Waals surface area contributed by atoms with E-state index in [0.717, 1.165) is 95.7 Å². The number of likely N-dealkylation sites (tertiary alicyclic amines) is 2. The van der Waals surface area contributed by atoms with Gasteiger partial charge in [-0.2, -0.15) is 0 Å². The summed E-state index contributed by atoms with van der Waals surface area (Å²) in [5.74, 6) is 0.525. The number of hydrogen-bond donors (Lipinski definition) is 1. The molecule has 38 heavy (non-hydrogen) atoms. The van der Waals surface area contributed by atoms with Crippen LogP contribution in [0.25, 0.3) is 0 Å². The maximum Gasteiger partial charge on any atom is 0.310 e. The molecule has 1 aliphatic carbocycles. The molecule has 5 rings (SSSR count). The smallest absolute Gasteiger partial charge is 0.310 e. The molecule has 3 aliphatic rings.